The summed E-state index contributed by atoms with van der Waals surface area (Å²) in [6, 6.07) is 3.67. The zero-order valence-corrected chi connectivity index (χ0v) is 13.3. The first kappa shape index (κ1) is 14.9. The molecule has 0 saturated carbocycles. The van der Waals surface area contributed by atoms with Gasteiger partial charge in [0.15, 0.2) is 0 Å². The summed E-state index contributed by atoms with van der Waals surface area (Å²) < 4.78 is 0. The smallest absolute Gasteiger partial charge is 0.220 e. The number of aromatic nitrogens is 3. The van der Waals surface area contributed by atoms with Crippen LogP contribution in [0.15, 0.2) is 24.5 Å². The molecule has 1 amide bonds. The van der Waals surface area contributed by atoms with Crippen molar-refractivity contribution in [3.63, 3.8) is 0 Å². The Labute approximate surface area is 137 Å². The molecule has 2 aromatic heterocycles. The lowest BCUT2D eigenvalue weighted by molar-refractivity contribution is -0.120. The van der Waals surface area contributed by atoms with Crippen molar-refractivity contribution in [2.24, 2.45) is 0 Å². The van der Waals surface area contributed by atoms with Crippen LogP contribution >= 0.6 is 23.2 Å². The Kier molecular flexibility index (Phi) is 4.09. The van der Waals surface area contributed by atoms with E-state index >= 15 is 0 Å². The van der Waals surface area contributed by atoms with Gasteiger partial charge in [0.05, 0.1) is 28.3 Å². The maximum Gasteiger partial charge on any atom is 0.220 e. The van der Waals surface area contributed by atoms with E-state index in [1.807, 2.05) is 13.0 Å². The highest BCUT2D eigenvalue weighted by Gasteiger charge is 2.17. The van der Waals surface area contributed by atoms with Gasteiger partial charge in [0.2, 0.25) is 5.91 Å². The molecule has 0 radical (unpaired) electrons. The molecule has 3 rings (SSSR count). The molecule has 0 fully saturated rings. The molecule has 114 valence electrons. The monoisotopic (exact) mass is 336 g/mol. The van der Waals surface area contributed by atoms with Crippen LogP contribution in [0.3, 0.4) is 0 Å². The second-order valence-corrected chi connectivity index (χ2v) is 5.66. The summed E-state index contributed by atoms with van der Waals surface area (Å²) in [5.74, 6) is -0.0130. The summed E-state index contributed by atoms with van der Waals surface area (Å²) in [6.45, 7) is 2.20. The number of H-pyrrole nitrogens is 2. The van der Waals surface area contributed by atoms with E-state index in [-0.39, 0.29) is 5.91 Å². The minimum atomic E-state index is -0.0130. The molecule has 0 unspecified atom stereocenters. The topological polar surface area (TPSA) is 73.6 Å². The van der Waals surface area contributed by atoms with Gasteiger partial charge < -0.3 is 10.3 Å². The van der Waals surface area contributed by atoms with E-state index in [1.165, 1.54) is 0 Å². The Hall–Kier alpha value is -1.98. The molecule has 1 aromatic carbocycles. The Morgan fingerprint density at radius 3 is 2.86 bits per heavy atom. The first-order valence-electron chi connectivity index (χ1n) is 6.86. The minimum absolute atomic E-state index is 0.0130. The van der Waals surface area contributed by atoms with Gasteiger partial charge in [-0.25, -0.2) is 0 Å². The summed E-state index contributed by atoms with van der Waals surface area (Å²) in [6.07, 6.45) is 3.97. The SMILES string of the molecule is CCC(=O)NCc1[nH]c2c(Cl)c(Cl)ccc2c1-c1cn[nH]c1. The number of nitrogens with one attached hydrogen (secondary N) is 3. The lowest BCUT2D eigenvalue weighted by atomic mass is 10.1. The number of nitrogens with zero attached hydrogens (tertiary/aromatic N) is 1. The van der Waals surface area contributed by atoms with Gasteiger partial charge in [-0.05, 0) is 6.07 Å². The Morgan fingerprint density at radius 1 is 1.36 bits per heavy atom. The standard InChI is InChI=1S/C15H14Cl2N4O/c1-2-12(22)18-7-11-13(8-5-19-20-6-8)9-3-4-10(16)14(17)15(9)21-11/h3-6,21H,2,7H2,1H3,(H,18,22)(H,19,20). The van der Waals surface area contributed by atoms with Crippen molar-refractivity contribution in [3.8, 4) is 11.1 Å². The number of hydrogen-bond donors (Lipinski definition) is 3. The maximum absolute atomic E-state index is 11.5. The van der Waals surface area contributed by atoms with Crippen LogP contribution in [0.1, 0.15) is 19.0 Å². The average Bonchev–Trinajstić information content (AvgIpc) is 3.15. The fraction of sp³-hybridized carbons (Fsp3) is 0.200. The molecular formula is C15H14Cl2N4O. The number of hydrogen-bond acceptors (Lipinski definition) is 2. The molecule has 0 bridgehead atoms. The van der Waals surface area contributed by atoms with E-state index in [4.69, 9.17) is 23.2 Å². The van der Waals surface area contributed by atoms with E-state index in [0.717, 1.165) is 27.7 Å². The van der Waals surface area contributed by atoms with Crippen LogP contribution in [0.5, 0.6) is 0 Å². The molecule has 3 aromatic rings. The molecule has 0 aliphatic carbocycles. The lowest BCUT2D eigenvalue weighted by Gasteiger charge is -2.04. The summed E-state index contributed by atoms with van der Waals surface area (Å²) in [7, 11) is 0. The Bertz CT molecular complexity index is 824. The van der Waals surface area contributed by atoms with E-state index in [2.05, 4.69) is 20.5 Å². The van der Waals surface area contributed by atoms with Gasteiger partial charge in [0, 0.05) is 34.8 Å². The highest BCUT2D eigenvalue weighted by Crippen LogP contribution is 2.38. The van der Waals surface area contributed by atoms with Gasteiger partial charge >= 0.3 is 0 Å². The van der Waals surface area contributed by atoms with Crippen molar-refractivity contribution < 1.29 is 4.79 Å². The summed E-state index contributed by atoms with van der Waals surface area (Å²) in [5, 5.41) is 11.6. The third kappa shape index (κ3) is 2.58. The van der Waals surface area contributed by atoms with Crippen molar-refractivity contribution >= 4 is 40.0 Å². The van der Waals surface area contributed by atoms with Gasteiger partial charge in [-0.1, -0.05) is 36.2 Å². The van der Waals surface area contributed by atoms with Crippen molar-refractivity contribution in [2.45, 2.75) is 19.9 Å². The number of rotatable bonds is 4. The highest BCUT2D eigenvalue weighted by atomic mass is 35.5. The molecule has 5 nitrogen and oxygen atoms in total. The van der Waals surface area contributed by atoms with Crippen LogP contribution in [0.2, 0.25) is 10.0 Å². The predicted octanol–water partition coefficient (Wildman–Crippen LogP) is 3.89. The molecule has 0 spiro atoms. The maximum atomic E-state index is 11.5. The molecular weight excluding hydrogens is 323 g/mol. The van der Waals surface area contributed by atoms with E-state index < -0.39 is 0 Å². The van der Waals surface area contributed by atoms with Crippen LogP contribution in [-0.2, 0) is 11.3 Å². The van der Waals surface area contributed by atoms with E-state index in [1.54, 1.807) is 18.5 Å². The quantitative estimate of drug-likeness (QED) is 0.676. The number of amides is 1. The molecule has 0 atom stereocenters. The van der Waals surface area contributed by atoms with Crippen LogP contribution < -0.4 is 5.32 Å². The minimum Gasteiger partial charge on any atom is -0.355 e. The van der Waals surface area contributed by atoms with Crippen LogP contribution in [-0.4, -0.2) is 21.1 Å². The zero-order chi connectivity index (χ0) is 15.7. The van der Waals surface area contributed by atoms with Gasteiger partial charge in [0.1, 0.15) is 0 Å². The zero-order valence-electron chi connectivity index (χ0n) is 11.8. The molecule has 0 aliphatic heterocycles. The Morgan fingerprint density at radius 2 is 2.18 bits per heavy atom. The molecule has 2 heterocycles. The fourth-order valence-electron chi connectivity index (χ4n) is 2.42. The van der Waals surface area contributed by atoms with Gasteiger partial charge in [0.25, 0.3) is 0 Å². The lowest BCUT2D eigenvalue weighted by Crippen LogP contribution is -2.21. The second kappa shape index (κ2) is 6.02. The summed E-state index contributed by atoms with van der Waals surface area (Å²) in [4.78, 5) is 14.8. The number of fused-ring (bicyclic) bond motifs is 1. The molecule has 0 aliphatic rings. The van der Waals surface area contributed by atoms with Crippen molar-refractivity contribution in [1.82, 2.24) is 20.5 Å². The first-order chi connectivity index (χ1) is 10.6. The van der Waals surface area contributed by atoms with E-state index in [0.29, 0.717) is 23.0 Å². The number of carbonyl (C=O) groups is 1. The van der Waals surface area contributed by atoms with Crippen molar-refractivity contribution in [2.75, 3.05) is 0 Å². The summed E-state index contributed by atoms with van der Waals surface area (Å²) >= 11 is 12.4. The average molecular weight is 337 g/mol. The van der Waals surface area contributed by atoms with Gasteiger partial charge in [-0.2, -0.15) is 5.10 Å². The third-order valence-electron chi connectivity index (χ3n) is 3.51. The van der Waals surface area contributed by atoms with Crippen LogP contribution in [0.4, 0.5) is 0 Å². The van der Waals surface area contributed by atoms with E-state index in [9.17, 15) is 4.79 Å². The molecule has 0 saturated heterocycles. The number of halogens is 2. The highest BCUT2D eigenvalue weighted by molar-refractivity contribution is 6.45. The van der Waals surface area contributed by atoms with Crippen LogP contribution in [0.25, 0.3) is 22.0 Å². The second-order valence-electron chi connectivity index (χ2n) is 4.88. The normalized spacial score (nSPS) is 11.0. The fourth-order valence-corrected chi connectivity index (χ4v) is 2.79. The number of carbonyl (C=O) groups excluding carboxylic acids is 1. The number of aromatic amines is 2. The summed E-state index contributed by atoms with van der Waals surface area (Å²) in [5.41, 5.74) is 3.50. The third-order valence-corrected chi connectivity index (χ3v) is 4.32. The van der Waals surface area contributed by atoms with Gasteiger partial charge in [-0.15, -0.1) is 0 Å². The Balaban J connectivity index is 2.15. The molecule has 3 N–H and O–H groups in total. The van der Waals surface area contributed by atoms with Crippen molar-refractivity contribution in [1.29, 1.82) is 0 Å². The molecule has 7 heteroatoms. The number of benzene rings is 1. The van der Waals surface area contributed by atoms with Crippen LogP contribution in [0, 0.1) is 0 Å². The first-order valence-corrected chi connectivity index (χ1v) is 7.61. The van der Waals surface area contributed by atoms with Gasteiger partial charge in [-0.3, -0.25) is 9.89 Å². The largest absolute Gasteiger partial charge is 0.355 e. The predicted molar refractivity (Wildman–Crippen MR) is 88.0 cm³/mol. The molecule has 22 heavy (non-hydrogen) atoms. The van der Waals surface area contributed by atoms with Crippen molar-refractivity contribution in [3.05, 3.63) is 40.3 Å².